The lowest BCUT2D eigenvalue weighted by molar-refractivity contribution is 0.0328. The zero-order valence-electron chi connectivity index (χ0n) is 18.9. The molecule has 172 valence electrons. The number of benzene rings is 3. The highest BCUT2D eigenvalue weighted by molar-refractivity contribution is 5.71. The first-order valence-corrected chi connectivity index (χ1v) is 11.6. The summed E-state index contributed by atoms with van der Waals surface area (Å²) in [5.74, 6) is -1.74. The minimum atomic E-state index is -0.833. The van der Waals surface area contributed by atoms with E-state index in [4.69, 9.17) is 4.74 Å². The van der Waals surface area contributed by atoms with Crippen LogP contribution in [0, 0.1) is 17.5 Å². The zero-order chi connectivity index (χ0) is 23.4. The summed E-state index contributed by atoms with van der Waals surface area (Å²) in [6.45, 7) is 6.34. The predicted molar refractivity (Wildman–Crippen MR) is 128 cm³/mol. The molecule has 2 atom stereocenters. The fourth-order valence-corrected chi connectivity index (χ4v) is 4.44. The van der Waals surface area contributed by atoms with E-state index in [-0.39, 0.29) is 23.4 Å². The molecule has 0 spiro atoms. The highest BCUT2D eigenvalue weighted by Crippen LogP contribution is 2.33. The maximum Gasteiger partial charge on any atom is 0.166 e. The highest BCUT2D eigenvalue weighted by atomic mass is 19.2. The number of ether oxygens (including phenoxy) is 1. The number of hydrogen-bond donors (Lipinski definition) is 0. The number of aryl methyl sites for hydroxylation is 1. The Morgan fingerprint density at radius 2 is 1.61 bits per heavy atom. The Kier molecular flexibility index (Phi) is 7.34. The van der Waals surface area contributed by atoms with Crippen LogP contribution in [0.4, 0.5) is 13.2 Å². The van der Waals surface area contributed by atoms with Crippen LogP contribution in [0.2, 0.25) is 0 Å². The molecule has 3 aromatic carbocycles. The van der Waals surface area contributed by atoms with Gasteiger partial charge in [0, 0.05) is 17.0 Å². The summed E-state index contributed by atoms with van der Waals surface area (Å²) in [6.07, 6.45) is 5.97. The SMILES string of the molecule is C=CC1CCC(c2ccc(-c3ccc(-c4ccc(CCCC)c(F)c4F)cc3)c(F)c2)CO1. The Hall–Kier alpha value is -2.85. The van der Waals surface area contributed by atoms with Gasteiger partial charge in [0.2, 0.25) is 0 Å². The maximum atomic E-state index is 15.0. The van der Waals surface area contributed by atoms with E-state index in [0.717, 1.165) is 31.2 Å². The standard InChI is InChI=1S/C29H29F3O/c1-3-5-6-21-12-16-26(29(32)28(21)31)20-9-7-19(8-10-20)25-15-13-22(17-27(25)30)23-11-14-24(4-2)33-18-23/h4,7-10,12-13,15-17,23-24H,2-3,5-6,11,14,18H2,1H3. The van der Waals surface area contributed by atoms with Gasteiger partial charge < -0.3 is 4.74 Å². The van der Waals surface area contributed by atoms with Crippen molar-refractivity contribution in [2.24, 2.45) is 0 Å². The minimum absolute atomic E-state index is 0.0785. The maximum absolute atomic E-state index is 15.0. The Morgan fingerprint density at radius 3 is 2.21 bits per heavy atom. The first-order chi connectivity index (χ1) is 16.0. The van der Waals surface area contributed by atoms with Crippen LogP contribution in [0.25, 0.3) is 22.3 Å². The van der Waals surface area contributed by atoms with Crippen molar-refractivity contribution in [3.63, 3.8) is 0 Å². The number of rotatable bonds is 7. The monoisotopic (exact) mass is 450 g/mol. The summed E-state index contributed by atoms with van der Waals surface area (Å²) in [6, 6.07) is 15.5. The molecule has 0 bridgehead atoms. The molecule has 1 heterocycles. The van der Waals surface area contributed by atoms with Crippen LogP contribution in [-0.2, 0) is 11.2 Å². The summed E-state index contributed by atoms with van der Waals surface area (Å²) >= 11 is 0. The molecule has 1 saturated heterocycles. The van der Waals surface area contributed by atoms with E-state index >= 15 is 0 Å². The smallest absolute Gasteiger partial charge is 0.166 e. The van der Waals surface area contributed by atoms with Gasteiger partial charge in [-0.25, -0.2) is 13.2 Å². The van der Waals surface area contributed by atoms with Gasteiger partial charge in [-0.05, 0) is 54.0 Å². The second kappa shape index (κ2) is 10.4. The molecule has 4 heteroatoms. The molecule has 0 aliphatic carbocycles. The van der Waals surface area contributed by atoms with Crippen molar-refractivity contribution < 1.29 is 17.9 Å². The van der Waals surface area contributed by atoms with Gasteiger partial charge in [0.05, 0.1) is 12.7 Å². The molecule has 2 unspecified atom stereocenters. The van der Waals surface area contributed by atoms with Crippen molar-refractivity contribution in [3.05, 3.63) is 95.8 Å². The van der Waals surface area contributed by atoms with Gasteiger partial charge >= 0.3 is 0 Å². The van der Waals surface area contributed by atoms with E-state index in [0.29, 0.717) is 35.3 Å². The van der Waals surface area contributed by atoms with Crippen molar-refractivity contribution in [1.82, 2.24) is 0 Å². The fraction of sp³-hybridized carbons (Fsp3) is 0.310. The van der Waals surface area contributed by atoms with Gasteiger partial charge in [-0.3, -0.25) is 0 Å². The summed E-state index contributed by atoms with van der Waals surface area (Å²) in [5.41, 5.74) is 3.27. The third-order valence-electron chi connectivity index (χ3n) is 6.51. The van der Waals surface area contributed by atoms with Crippen LogP contribution in [0.3, 0.4) is 0 Å². The van der Waals surface area contributed by atoms with Crippen LogP contribution in [0.1, 0.15) is 49.7 Å². The molecular weight excluding hydrogens is 421 g/mol. The topological polar surface area (TPSA) is 9.23 Å². The molecule has 1 aliphatic heterocycles. The van der Waals surface area contributed by atoms with Crippen LogP contribution in [0.5, 0.6) is 0 Å². The Morgan fingerprint density at radius 1 is 0.909 bits per heavy atom. The van der Waals surface area contributed by atoms with E-state index in [1.54, 1.807) is 48.5 Å². The van der Waals surface area contributed by atoms with Gasteiger partial charge in [0.15, 0.2) is 11.6 Å². The van der Waals surface area contributed by atoms with E-state index in [1.165, 1.54) is 0 Å². The van der Waals surface area contributed by atoms with Gasteiger partial charge in [-0.2, -0.15) is 0 Å². The van der Waals surface area contributed by atoms with Crippen LogP contribution >= 0.6 is 0 Å². The quantitative estimate of drug-likeness (QED) is 0.329. The van der Waals surface area contributed by atoms with E-state index in [2.05, 4.69) is 6.58 Å². The molecular formula is C29H29F3O. The highest BCUT2D eigenvalue weighted by Gasteiger charge is 2.22. The molecule has 0 amide bonds. The van der Waals surface area contributed by atoms with Gasteiger partial charge in [-0.1, -0.05) is 68.0 Å². The molecule has 1 aliphatic rings. The van der Waals surface area contributed by atoms with E-state index in [1.807, 2.05) is 19.1 Å². The molecule has 3 aromatic rings. The van der Waals surface area contributed by atoms with Crippen molar-refractivity contribution >= 4 is 0 Å². The van der Waals surface area contributed by atoms with Crippen LogP contribution < -0.4 is 0 Å². The summed E-state index contributed by atoms with van der Waals surface area (Å²) in [5, 5.41) is 0. The second-order valence-electron chi connectivity index (χ2n) is 8.70. The van der Waals surface area contributed by atoms with E-state index in [9.17, 15) is 13.2 Å². The Balaban J connectivity index is 1.53. The average Bonchev–Trinajstić information content (AvgIpc) is 2.85. The van der Waals surface area contributed by atoms with Crippen molar-refractivity contribution in [2.45, 2.75) is 51.0 Å². The zero-order valence-corrected chi connectivity index (χ0v) is 18.9. The Labute approximate surface area is 193 Å². The molecule has 1 fully saturated rings. The van der Waals surface area contributed by atoms with Crippen molar-refractivity contribution in [1.29, 1.82) is 0 Å². The second-order valence-corrected chi connectivity index (χ2v) is 8.70. The largest absolute Gasteiger partial charge is 0.374 e. The number of halogens is 3. The first kappa shape index (κ1) is 23.3. The van der Waals surface area contributed by atoms with Crippen molar-refractivity contribution in [2.75, 3.05) is 6.61 Å². The van der Waals surface area contributed by atoms with Gasteiger partial charge in [0.1, 0.15) is 5.82 Å². The van der Waals surface area contributed by atoms with Gasteiger partial charge in [0.25, 0.3) is 0 Å². The fourth-order valence-electron chi connectivity index (χ4n) is 4.44. The molecule has 0 radical (unpaired) electrons. The lowest BCUT2D eigenvalue weighted by Gasteiger charge is -2.27. The lowest BCUT2D eigenvalue weighted by atomic mass is 9.90. The molecule has 0 aromatic heterocycles. The first-order valence-electron chi connectivity index (χ1n) is 11.6. The minimum Gasteiger partial charge on any atom is -0.374 e. The molecule has 1 nitrogen and oxygen atoms in total. The molecule has 33 heavy (non-hydrogen) atoms. The number of hydrogen-bond acceptors (Lipinski definition) is 1. The molecule has 0 saturated carbocycles. The average molecular weight is 451 g/mol. The molecule has 4 rings (SSSR count). The molecule has 0 N–H and O–H groups in total. The summed E-state index contributed by atoms with van der Waals surface area (Å²) < 4.78 is 49.8. The van der Waals surface area contributed by atoms with Crippen molar-refractivity contribution in [3.8, 4) is 22.3 Å². The van der Waals surface area contributed by atoms with Crippen LogP contribution in [0.15, 0.2) is 67.3 Å². The Bertz CT molecular complexity index is 1110. The third-order valence-corrected chi connectivity index (χ3v) is 6.51. The summed E-state index contributed by atoms with van der Waals surface area (Å²) in [7, 11) is 0. The van der Waals surface area contributed by atoms with Crippen LogP contribution in [-0.4, -0.2) is 12.7 Å². The predicted octanol–water partition coefficient (Wildman–Crippen LogP) is 8.23. The number of unbranched alkanes of at least 4 members (excludes halogenated alkanes) is 1. The lowest BCUT2D eigenvalue weighted by Crippen LogP contribution is -2.23. The summed E-state index contributed by atoms with van der Waals surface area (Å²) in [4.78, 5) is 0. The van der Waals surface area contributed by atoms with E-state index < -0.39 is 11.6 Å². The van der Waals surface area contributed by atoms with Gasteiger partial charge in [-0.15, -0.1) is 6.58 Å². The third kappa shape index (κ3) is 5.06. The normalized spacial score (nSPS) is 18.3.